The van der Waals surface area contributed by atoms with E-state index >= 15 is 0 Å². The molecule has 1 rings (SSSR count). The summed E-state index contributed by atoms with van der Waals surface area (Å²) in [6, 6.07) is 0. The molecule has 1 saturated carbocycles. The highest BCUT2D eigenvalue weighted by Crippen LogP contribution is 2.20. The van der Waals surface area contributed by atoms with Gasteiger partial charge in [0.2, 0.25) is 0 Å². The van der Waals surface area contributed by atoms with Crippen molar-refractivity contribution in [2.45, 2.75) is 19.3 Å². The Balaban J connectivity index is 2.40. The first-order chi connectivity index (χ1) is 4.33. The van der Waals surface area contributed by atoms with E-state index in [0.717, 1.165) is 12.8 Å². The van der Waals surface area contributed by atoms with Crippen LogP contribution in [0.3, 0.4) is 0 Å². The molecule has 1 aliphatic rings. The molecule has 0 aliphatic heterocycles. The summed E-state index contributed by atoms with van der Waals surface area (Å²) >= 11 is 0. The van der Waals surface area contributed by atoms with Gasteiger partial charge in [0.15, 0.2) is 0 Å². The van der Waals surface area contributed by atoms with E-state index in [0.29, 0.717) is 12.3 Å². The fraction of sp³-hybridized carbons (Fsp3) is 0.500. The molecular formula is C8H11O. The van der Waals surface area contributed by atoms with Gasteiger partial charge >= 0.3 is 0 Å². The van der Waals surface area contributed by atoms with Crippen molar-refractivity contribution < 1.29 is 4.79 Å². The lowest BCUT2D eigenvalue weighted by Gasteiger charge is -2.15. The summed E-state index contributed by atoms with van der Waals surface area (Å²) < 4.78 is 0. The maximum absolute atomic E-state index is 10.7. The fourth-order valence-corrected chi connectivity index (χ4v) is 1.10. The molecule has 1 radical (unpaired) electrons. The van der Waals surface area contributed by atoms with Crippen LogP contribution in [-0.2, 0) is 4.79 Å². The normalized spacial score (nSPS) is 28.0. The molecule has 49 valence electrons. The van der Waals surface area contributed by atoms with E-state index < -0.39 is 0 Å². The Morgan fingerprint density at radius 2 is 2.56 bits per heavy atom. The summed E-state index contributed by atoms with van der Waals surface area (Å²) in [5.41, 5.74) is 0. The van der Waals surface area contributed by atoms with Gasteiger partial charge in [-0.3, -0.25) is 4.79 Å². The molecule has 9 heavy (non-hydrogen) atoms. The van der Waals surface area contributed by atoms with Crippen molar-refractivity contribution in [2.75, 3.05) is 0 Å². The van der Waals surface area contributed by atoms with E-state index in [2.05, 4.69) is 6.58 Å². The number of carbonyl (C=O) groups is 1. The van der Waals surface area contributed by atoms with Crippen LogP contribution in [0.25, 0.3) is 0 Å². The molecule has 0 bridgehead atoms. The highest BCUT2D eigenvalue weighted by Gasteiger charge is 2.15. The smallest absolute Gasteiger partial charge is 0.137 e. The molecule has 0 aromatic carbocycles. The zero-order valence-corrected chi connectivity index (χ0v) is 5.47. The van der Waals surface area contributed by atoms with Gasteiger partial charge in [-0.05, 0) is 18.8 Å². The molecular weight excluding hydrogens is 112 g/mol. The van der Waals surface area contributed by atoms with E-state index in [4.69, 9.17) is 0 Å². The molecule has 1 unspecified atom stereocenters. The van der Waals surface area contributed by atoms with Crippen LogP contribution in [0.4, 0.5) is 0 Å². The average molecular weight is 123 g/mol. The minimum absolute atomic E-state index is 0.283. The average Bonchev–Trinajstić information content (AvgIpc) is 1.88. The first-order valence-corrected chi connectivity index (χ1v) is 3.31. The summed E-state index contributed by atoms with van der Waals surface area (Å²) in [5.74, 6) is 0.730. The van der Waals surface area contributed by atoms with Crippen molar-refractivity contribution in [1.29, 1.82) is 0 Å². The number of rotatable bonds is 1. The maximum Gasteiger partial charge on any atom is 0.137 e. The third kappa shape index (κ3) is 1.67. The van der Waals surface area contributed by atoms with Gasteiger partial charge in [0.25, 0.3) is 0 Å². The topological polar surface area (TPSA) is 17.1 Å². The molecule has 0 spiro atoms. The van der Waals surface area contributed by atoms with Gasteiger partial charge in [-0.25, -0.2) is 0 Å². The van der Waals surface area contributed by atoms with Gasteiger partial charge in [-0.1, -0.05) is 6.08 Å². The largest absolute Gasteiger partial charge is 0.299 e. The van der Waals surface area contributed by atoms with Gasteiger partial charge in [0.1, 0.15) is 5.78 Å². The van der Waals surface area contributed by atoms with Gasteiger partial charge < -0.3 is 0 Å². The highest BCUT2D eigenvalue weighted by molar-refractivity contribution is 5.87. The maximum atomic E-state index is 10.7. The number of ketones is 1. The lowest BCUT2D eigenvalue weighted by Crippen LogP contribution is -2.13. The van der Waals surface area contributed by atoms with Crippen LogP contribution in [0.1, 0.15) is 19.3 Å². The van der Waals surface area contributed by atoms with Crippen molar-refractivity contribution in [3.8, 4) is 0 Å². The Kier molecular flexibility index (Phi) is 2.04. The molecule has 0 aromatic rings. The van der Waals surface area contributed by atoms with Gasteiger partial charge in [0, 0.05) is 12.8 Å². The summed E-state index contributed by atoms with van der Waals surface area (Å²) in [6.07, 6.45) is 6.39. The molecule has 1 aliphatic carbocycles. The minimum atomic E-state index is 0.283. The van der Waals surface area contributed by atoms with E-state index in [1.165, 1.54) is 0 Å². The molecule has 1 nitrogen and oxygen atoms in total. The molecule has 0 N–H and O–H groups in total. The van der Waals surface area contributed by atoms with E-state index in [1.54, 1.807) is 6.42 Å². The summed E-state index contributed by atoms with van der Waals surface area (Å²) in [4.78, 5) is 10.7. The van der Waals surface area contributed by atoms with E-state index in [-0.39, 0.29) is 5.78 Å². The van der Waals surface area contributed by atoms with Crippen molar-refractivity contribution in [2.24, 2.45) is 5.92 Å². The SMILES string of the molecule is C=CC1CC[CH]C(=O)C1. The Bertz CT molecular complexity index is 127. The fourth-order valence-electron chi connectivity index (χ4n) is 1.10. The van der Waals surface area contributed by atoms with Gasteiger partial charge in [0.05, 0.1) is 0 Å². The Morgan fingerprint density at radius 3 is 3.00 bits per heavy atom. The second-order valence-electron chi connectivity index (χ2n) is 2.45. The molecule has 0 saturated heterocycles. The van der Waals surface area contributed by atoms with Crippen LogP contribution in [0.15, 0.2) is 12.7 Å². The third-order valence-corrected chi connectivity index (χ3v) is 1.71. The number of hydrogen-bond donors (Lipinski definition) is 0. The number of allylic oxidation sites excluding steroid dienone is 1. The van der Waals surface area contributed by atoms with Gasteiger partial charge in [-0.15, -0.1) is 6.58 Å². The predicted molar refractivity (Wildman–Crippen MR) is 36.8 cm³/mol. The second-order valence-corrected chi connectivity index (χ2v) is 2.45. The van der Waals surface area contributed by atoms with Crippen LogP contribution in [0, 0.1) is 12.3 Å². The van der Waals surface area contributed by atoms with Gasteiger partial charge in [-0.2, -0.15) is 0 Å². The van der Waals surface area contributed by atoms with E-state index in [9.17, 15) is 4.79 Å². The lowest BCUT2D eigenvalue weighted by molar-refractivity contribution is -0.117. The standard InChI is InChI=1S/C8H11O/c1-2-7-4-3-5-8(9)6-7/h2,5,7H,1,3-4,6H2. The third-order valence-electron chi connectivity index (χ3n) is 1.71. The minimum Gasteiger partial charge on any atom is -0.299 e. The number of hydrogen-bond acceptors (Lipinski definition) is 1. The first-order valence-electron chi connectivity index (χ1n) is 3.31. The molecule has 0 amide bonds. The molecule has 1 fully saturated rings. The van der Waals surface area contributed by atoms with Crippen LogP contribution in [0.5, 0.6) is 0 Å². The second kappa shape index (κ2) is 2.81. The monoisotopic (exact) mass is 123 g/mol. The summed E-state index contributed by atoms with van der Waals surface area (Å²) in [7, 11) is 0. The predicted octanol–water partition coefficient (Wildman–Crippen LogP) is 1.75. The van der Waals surface area contributed by atoms with Crippen LogP contribution < -0.4 is 0 Å². The van der Waals surface area contributed by atoms with Crippen molar-refractivity contribution in [1.82, 2.24) is 0 Å². The first kappa shape index (κ1) is 6.53. The van der Waals surface area contributed by atoms with E-state index in [1.807, 2.05) is 6.08 Å². The van der Waals surface area contributed by atoms with Crippen molar-refractivity contribution >= 4 is 5.78 Å². The van der Waals surface area contributed by atoms with Crippen molar-refractivity contribution in [3.05, 3.63) is 19.1 Å². The molecule has 0 heterocycles. The zero-order valence-electron chi connectivity index (χ0n) is 5.47. The number of Topliss-reactive ketones (excluding diaryl/α,β-unsaturated/α-hetero) is 1. The number of carbonyl (C=O) groups excluding carboxylic acids is 1. The molecule has 0 aromatic heterocycles. The molecule has 1 atom stereocenters. The van der Waals surface area contributed by atoms with Crippen LogP contribution >= 0.6 is 0 Å². The summed E-state index contributed by atoms with van der Waals surface area (Å²) in [6.45, 7) is 3.65. The Hall–Kier alpha value is -0.590. The van der Waals surface area contributed by atoms with Crippen molar-refractivity contribution in [3.63, 3.8) is 0 Å². The zero-order chi connectivity index (χ0) is 6.69. The van der Waals surface area contributed by atoms with Crippen LogP contribution in [-0.4, -0.2) is 5.78 Å². The molecule has 1 heteroatoms. The Morgan fingerprint density at radius 1 is 1.78 bits per heavy atom. The Labute approximate surface area is 55.8 Å². The lowest BCUT2D eigenvalue weighted by atomic mass is 9.89. The quantitative estimate of drug-likeness (QED) is 0.485. The highest BCUT2D eigenvalue weighted by atomic mass is 16.1. The summed E-state index contributed by atoms with van der Waals surface area (Å²) in [5, 5.41) is 0. The van der Waals surface area contributed by atoms with Crippen LogP contribution in [0.2, 0.25) is 0 Å².